The van der Waals surface area contributed by atoms with Gasteiger partial charge in [0.2, 0.25) is 21.6 Å². The summed E-state index contributed by atoms with van der Waals surface area (Å²) in [5.41, 5.74) is 0.953. The standard InChI is InChI=1S/C18H25N5O4S2/c1-5-7-10-23-17(24)15(16(27-6-2)19-18(23)28)21-20-14-11-12(3)8-9-13(14)22-29(4,25)26/h8-9,11,22H,5-7,10H2,1-4H3,(H,19,28). The molecule has 29 heavy (non-hydrogen) atoms. The van der Waals surface area contributed by atoms with Crippen molar-refractivity contribution in [1.29, 1.82) is 0 Å². The summed E-state index contributed by atoms with van der Waals surface area (Å²) in [7, 11) is -3.51. The highest BCUT2D eigenvalue weighted by Crippen LogP contribution is 2.30. The number of unbranched alkanes of at least 4 members (excludes halogenated alkanes) is 1. The highest BCUT2D eigenvalue weighted by Gasteiger charge is 2.14. The highest BCUT2D eigenvalue weighted by atomic mass is 32.2. The van der Waals surface area contributed by atoms with Crippen LogP contribution in [0.3, 0.4) is 0 Å². The number of aromatic amines is 1. The van der Waals surface area contributed by atoms with Crippen LogP contribution in [0.4, 0.5) is 17.1 Å². The van der Waals surface area contributed by atoms with E-state index in [9.17, 15) is 13.2 Å². The third-order valence-corrected chi connectivity index (χ3v) is 4.77. The second-order valence-electron chi connectivity index (χ2n) is 6.45. The number of nitrogens with one attached hydrogen (secondary N) is 2. The summed E-state index contributed by atoms with van der Waals surface area (Å²) in [4.78, 5) is 15.8. The average Bonchev–Trinajstić information content (AvgIpc) is 2.62. The van der Waals surface area contributed by atoms with Crippen LogP contribution in [0.5, 0.6) is 5.88 Å². The molecule has 1 aromatic heterocycles. The van der Waals surface area contributed by atoms with E-state index in [1.807, 2.05) is 13.8 Å². The lowest BCUT2D eigenvalue weighted by Crippen LogP contribution is -2.22. The molecule has 0 aliphatic carbocycles. The fourth-order valence-corrected chi connectivity index (χ4v) is 3.35. The number of ether oxygens (including phenoxy) is 1. The van der Waals surface area contributed by atoms with Crippen LogP contribution in [0.25, 0.3) is 0 Å². The van der Waals surface area contributed by atoms with Crippen molar-refractivity contribution in [1.82, 2.24) is 9.55 Å². The molecular weight excluding hydrogens is 414 g/mol. The summed E-state index contributed by atoms with van der Waals surface area (Å²) in [6.45, 7) is 6.38. The number of aromatic nitrogens is 2. The topological polar surface area (TPSA) is 118 Å². The first-order valence-electron chi connectivity index (χ1n) is 9.16. The summed E-state index contributed by atoms with van der Waals surface area (Å²) < 4.78 is 32.8. The molecule has 0 aliphatic rings. The van der Waals surface area contributed by atoms with Crippen LogP contribution in [-0.4, -0.2) is 30.8 Å². The predicted octanol–water partition coefficient (Wildman–Crippen LogP) is 4.20. The van der Waals surface area contributed by atoms with Gasteiger partial charge in [-0.05, 0) is 50.2 Å². The molecule has 2 rings (SSSR count). The first-order valence-corrected chi connectivity index (χ1v) is 11.5. The van der Waals surface area contributed by atoms with Crippen LogP contribution in [0.15, 0.2) is 33.2 Å². The van der Waals surface area contributed by atoms with Gasteiger partial charge in [0, 0.05) is 6.54 Å². The van der Waals surface area contributed by atoms with E-state index >= 15 is 0 Å². The molecule has 1 aromatic carbocycles. The Morgan fingerprint density at radius 3 is 2.62 bits per heavy atom. The molecule has 0 saturated carbocycles. The minimum absolute atomic E-state index is 0.0247. The lowest BCUT2D eigenvalue weighted by molar-refractivity contribution is 0.324. The first-order chi connectivity index (χ1) is 13.7. The van der Waals surface area contributed by atoms with Crippen molar-refractivity contribution < 1.29 is 13.2 Å². The van der Waals surface area contributed by atoms with Crippen LogP contribution in [-0.2, 0) is 16.6 Å². The first kappa shape index (κ1) is 22.8. The zero-order valence-corrected chi connectivity index (χ0v) is 18.5. The number of nitrogens with zero attached hydrogens (tertiary/aromatic N) is 3. The van der Waals surface area contributed by atoms with Crippen LogP contribution in [0.1, 0.15) is 32.3 Å². The van der Waals surface area contributed by atoms with Crippen LogP contribution < -0.4 is 15.0 Å². The summed E-state index contributed by atoms with van der Waals surface area (Å²) in [6, 6.07) is 5.00. The Labute approximate surface area is 174 Å². The number of rotatable bonds is 9. The zero-order valence-electron chi connectivity index (χ0n) is 16.9. The largest absolute Gasteiger partial charge is 0.478 e. The number of H-pyrrole nitrogens is 1. The Balaban J connectivity index is 2.58. The molecule has 0 atom stereocenters. The van der Waals surface area contributed by atoms with E-state index in [4.69, 9.17) is 17.0 Å². The number of anilines is 1. The van der Waals surface area contributed by atoms with Crippen molar-refractivity contribution in [3.8, 4) is 5.88 Å². The Hall–Kier alpha value is -2.53. The number of sulfonamides is 1. The maximum absolute atomic E-state index is 12.9. The summed E-state index contributed by atoms with van der Waals surface area (Å²) in [6.07, 6.45) is 2.72. The van der Waals surface area contributed by atoms with Gasteiger partial charge in [-0.3, -0.25) is 14.1 Å². The number of azo groups is 1. The van der Waals surface area contributed by atoms with E-state index in [1.165, 1.54) is 4.57 Å². The van der Waals surface area contributed by atoms with Gasteiger partial charge in [-0.1, -0.05) is 19.4 Å². The molecule has 0 radical (unpaired) electrons. The molecule has 0 amide bonds. The minimum atomic E-state index is -3.51. The fourth-order valence-electron chi connectivity index (χ4n) is 2.51. The predicted molar refractivity (Wildman–Crippen MR) is 116 cm³/mol. The SMILES string of the molecule is CCCCn1c(=S)[nH]c(OCC)c(N=Nc2cc(C)ccc2NS(C)(=O)=O)c1=O. The summed E-state index contributed by atoms with van der Waals surface area (Å²) in [5, 5.41) is 8.22. The molecule has 2 aromatic rings. The smallest absolute Gasteiger partial charge is 0.286 e. The van der Waals surface area contributed by atoms with E-state index in [-0.39, 0.29) is 27.7 Å². The van der Waals surface area contributed by atoms with Gasteiger partial charge in [0.25, 0.3) is 5.56 Å². The molecular formula is C18H25N5O4S2. The Kier molecular flexibility index (Phi) is 7.68. The highest BCUT2D eigenvalue weighted by molar-refractivity contribution is 7.92. The Morgan fingerprint density at radius 2 is 2.00 bits per heavy atom. The molecule has 1 heterocycles. The molecule has 0 unspecified atom stereocenters. The van der Waals surface area contributed by atoms with Gasteiger partial charge in [-0.25, -0.2) is 8.42 Å². The van der Waals surface area contributed by atoms with Gasteiger partial charge in [0.05, 0.1) is 18.6 Å². The lowest BCUT2D eigenvalue weighted by Gasteiger charge is -2.11. The van der Waals surface area contributed by atoms with Gasteiger partial charge < -0.3 is 9.72 Å². The molecule has 11 heteroatoms. The fraction of sp³-hybridized carbons (Fsp3) is 0.444. The number of hydrogen-bond acceptors (Lipinski definition) is 7. The third-order valence-electron chi connectivity index (χ3n) is 3.86. The molecule has 0 aliphatic heterocycles. The third kappa shape index (κ3) is 6.23. The van der Waals surface area contributed by atoms with Crippen molar-refractivity contribution in [2.45, 2.75) is 40.2 Å². The number of aryl methyl sites for hydroxylation is 1. The van der Waals surface area contributed by atoms with E-state index in [2.05, 4.69) is 19.9 Å². The molecule has 0 saturated heterocycles. The average molecular weight is 440 g/mol. The minimum Gasteiger partial charge on any atom is -0.478 e. The normalized spacial score (nSPS) is 11.7. The molecule has 158 valence electrons. The Morgan fingerprint density at radius 1 is 1.28 bits per heavy atom. The second-order valence-corrected chi connectivity index (χ2v) is 8.58. The van der Waals surface area contributed by atoms with Gasteiger partial charge >= 0.3 is 0 Å². The van der Waals surface area contributed by atoms with Crippen LogP contribution in [0, 0.1) is 11.7 Å². The zero-order chi connectivity index (χ0) is 21.6. The van der Waals surface area contributed by atoms with Crippen LogP contribution in [0.2, 0.25) is 0 Å². The number of hydrogen-bond donors (Lipinski definition) is 2. The lowest BCUT2D eigenvalue weighted by atomic mass is 10.2. The monoisotopic (exact) mass is 439 g/mol. The van der Waals surface area contributed by atoms with Gasteiger partial charge in [-0.15, -0.1) is 10.2 Å². The maximum Gasteiger partial charge on any atom is 0.286 e. The number of benzene rings is 1. The van der Waals surface area contributed by atoms with E-state index in [1.54, 1.807) is 25.1 Å². The molecule has 0 bridgehead atoms. The summed E-state index contributed by atoms with van der Waals surface area (Å²) in [5.74, 6) is 0.129. The Bertz CT molecular complexity index is 1120. The van der Waals surface area contributed by atoms with E-state index in [0.29, 0.717) is 13.2 Å². The van der Waals surface area contributed by atoms with Gasteiger partial charge in [0.1, 0.15) is 5.69 Å². The van der Waals surface area contributed by atoms with E-state index < -0.39 is 15.6 Å². The maximum atomic E-state index is 12.9. The van der Waals surface area contributed by atoms with Gasteiger partial charge in [-0.2, -0.15) is 0 Å². The molecule has 9 nitrogen and oxygen atoms in total. The van der Waals surface area contributed by atoms with Crippen molar-refractivity contribution in [3.63, 3.8) is 0 Å². The van der Waals surface area contributed by atoms with Crippen molar-refractivity contribution in [2.75, 3.05) is 17.6 Å². The quantitative estimate of drug-likeness (QED) is 0.448. The van der Waals surface area contributed by atoms with Gasteiger partial charge in [0.15, 0.2) is 4.77 Å². The van der Waals surface area contributed by atoms with E-state index in [0.717, 1.165) is 24.7 Å². The summed E-state index contributed by atoms with van der Waals surface area (Å²) >= 11 is 5.27. The van der Waals surface area contributed by atoms with Crippen LogP contribution >= 0.6 is 12.2 Å². The van der Waals surface area contributed by atoms with Crippen molar-refractivity contribution in [3.05, 3.63) is 38.9 Å². The van der Waals surface area contributed by atoms with Crippen molar-refractivity contribution in [2.24, 2.45) is 10.2 Å². The second kappa shape index (κ2) is 9.79. The molecule has 2 N–H and O–H groups in total. The molecule has 0 spiro atoms. The van der Waals surface area contributed by atoms with Crippen molar-refractivity contribution >= 4 is 39.3 Å². The molecule has 0 fully saturated rings.